The molecule has 0 unspecified atom stereocenters. The van der Waals surface area contributed by atoms with Crippen LogP contribution in [-0.2, 0) is 21.4 Å². The second kappa shape index (κ2) is 5.96. The molecule has 0 spiro atoms. The normalized spacial score (nSPS) is 16.6. The van der Waals surface area contributed by atoms with Crippen molar-refractivity contribution >= 4 is 18.9 Å². The Bertz CT molecular complexity index is 443. The summed E-state index contributed by atoms with van der Waals surface area (Å²) in [5.41, 5.74) is 1.35. The van der Waals surface area contributed by atoms with E-state index in [4.69, 9.17) is 0 Å². The van der Waals surface area contributed by atoms with Crippen molar-refractivity contribution in [1.82, 2.24) is 4.90 Å². The van der Waals surface area contributed by atoms with Crippen molar-refractivity contribution in [2.24, 2.45) is 0 Å². The Morgan fingerprint density at radius 1 is 1.16 bits per heavy atom. The van der Waals surface area contributed by atoms with Crippen LogP contribution in [0.2, 0.25) is 0 Å². The van der Waals surface area contributed by atoms with Gasteiger partial charge in [-0.15, -0.1) is 0 Å². The minimum absolute atomic E-state index is 0.147. The highest BCUT2D eigenvalue weighted by atomic mass is 32.1. The summed E-state index contributed by atoms with van der Waals surface area (Å²) in [7, 11) is -1.83. The molecule has 1 fully saturated rings. The summed E-state index contributed by atoms with van der Waals surface area (Å²) >= 11 is 0.603. The topological polar surface area (TPSA) is 20.3 Å². The van der Waals surface area contributed by atoms with Crippen molar-refractivity contribution < 1.29 is 21.5 Å². The first-order valence-electron chi connectivity index (χ1n) is 5.65. The van der Waals surface area contributed by atoms with E-state index < -0.39 is 7.25 Å². The predicted octanol–water partition coefficient (Wildman–Crippen LogP) is 3.32. The maximum absolute atomic E-state index is 10.9. The standard InChI is InChI=1S/C11H14NOS.BF4/c1-12(2)11(7-8-11)9-5-3-4-6-10(9)14-13;2-1(3,4)5/h3-6H,7-8H2,1-2H3;/q+1;-1. The third kappa shape index (κ3) is 4.54. The lowest BCUT2D eigenvalue weighted by atomic mass is 10.0. The van der Waals surface area contributed by atoms with Crippen LogP contribution < -0.4 is 0 Å². The first kappa shape index (κ1) is 16.0. The van der Waals surface area contributed by atoms with Gasteiger partial charge in [0.2, 0.25) is 0 Å². The van der Waals surface area contributed by atoms with Crippen LogP contribution in [0.25, 0.3) is 0 Å². The second-order valence-corrected chi connectivity index (χ2v) is 5.11. The van der Waals surface area contributed by atoms with Gasteiger partial charge in [-0.25, -0.2) is 0 Å². The van der Waals surface area contributed by atoms with Crippen LogP contribution in [0.5, 0.6) is 0 Å². The molecule has 2 nitrogen and oxygen atoms in total. The van der Waals surface area contributed by atoms with Crippen LogP contribution in [0.15, 0.2) is 29.2 Å². The van der Waals surface area contributed by atoms with Crippen LogP contribution >= 0.6 is 0 Å². The van der Waals surface area contributed by atoms with Crippen molar-refractivity contribution in [3.8, 4) is 0 Å². The Balaban J connectivity index is 0.000000312. The number of halogens is 4. The third-order valence-corrected chi connectivity index (χ3v) is 3.59. The average molecular weight is 295 g/mol. The monoisotopic (exact) mass is 295 g/mol. The number of nitrogens with zero attached hydrogens (tertiary/aromatic N) is 1. The molecule has 0 amide bonds. The second-order valence-electron chi connectivity index (χ2n) is 4.50. The zero-order valence-corrected chi connectivity index (χ0v) is 11.4. The molecule has 19 heavy (non-hydrogen) atoms. The van der Waals surface area contributed by atoms with Gasteiger partial charge in [-0.05, 0) is 26.9 Å². The van der Waals surface area contributed by atoms with Gasteiger partial charge in [-0.3, -0.25) is 4.90 Å². The fourth-order valence-electron chi connectivity index (χ4n) is 2.00. The SMILES string of the molecule is CN(C)C1(c2ccccc2[S+]=O)CC1.F[B-](F)(F)F. The minimum Gasteiger partial charge on any atom is -0.418 e. The molecule has 1 aromatic rings. The molecule has 0 atom stereocenters. The highest BCUT2D eigenvalue weighted by Crippen LogP contribution is 2.50. The van der Waals surface area contributed by atoms with Crippen molar-refractivity contribution in [2.45, 2.75) is 23.3 Å². The van der Waals surface area contributed by atoms with Gasteiger partial charge in [-0.2, -0.15) is 0 Å². The Kier molecular flexibility index (Phi) is 5.03. The Hall–Kier alpha value is -1.02. The lowest BCUT2D eigenvalue weighted by Crippen LogP contribution is -2.28. The van der Waals surface area contributed by atoms with E-state index in [0.717, 1.165) is 17.7 Å². The minimum atomic E-state index is -6.00. The van der Waals surface area contributed by atoms with E-state index in [1.54, 1.807) is 0 Å². The molecule has 0 radical (unpaired) electrons. The molecule has 0 N–H and O–H groups in total. The van der Waals surface area contributed by atoms with E-state index in [0.29, 0.717) is 11.7 Å². The Morgan fingerprint density at radius 2 is 1.63 bits per heavy atom. The zero-order valence-electron chi connectivity index (χ0n) is 10.6. The smallest absolute Gasteiger partial charge is 0.418 e. The van der Waals surface area contributed by atoms with E-state index in [1.165, 1.54) is 5.56 Å². The summed E-state index contributed by atoms with van der Waals surface area (Å²) in [6.07, 6.45) is 2.33. The van der Waals surface area contributed by atoms with Crippen LogP contribution in [0.4, 0.5) is 17.3 Å². The highest BCUT2D eigenvalue weighted by Gasteiger charge is 2.49. The van der Waals surface area contributed by atoms with Gasteiger partial charge in [0.1, 0.15) is 0 Å². The van der Waals surface area contributed by atoms with Crippen molar-refractivity contribution in [2.75, 3.05) is 14.1 Å². The molecule has 8 heteroatoms. The summed E-state index contributed by atoms with van der Waals surface area (Å²) < 4.78 is 49.9. The van der Waals surface area contributed by atoms with E-state index in [-0.39, 0.29) is 5.54 Å². The number of hydrogen-bond acceptors (Lipinski definition) is 2. The van der Waals surface area contributed by atoms with Gasteiger partial charge in [-0.1, -0.05) is 18.2 Å². The molecule has 106 valence electrons. The number of rotatable bonds is 3. The lowest BCUT2D eigenvalue weighted by Gasteiger charge is -2.22. The molecule has 0 bridgehead atoms. The maximum atomic E-state index is 10.9. The van der Waals surface area contributed by atoms with E-state index >= 15 is 0 Å². The molecular weight excluding hydrogens is 281 g/mol. The summed E-state index contributed by atoms with van der Waals surface area (Å²) in [4.78, 5) is 3.10. The molecule has 1 aliphatic carbocycles. The first-order chi connectivity index (χ1) is 8.70. The quantitative estimate of drug-likeness (QED) is 0.484. The van der Waals surface area contributed by atoms with Gasteiger partial charge < -0.3 is 17.3 Å². The molecule has 1 aliphatic rings. The van der Waals surface area contributed by atoms with E-state index in [2.05, 4.69) is 25.1 Å². The van der Waals surface area contributed by atoms with Crippen molar-refractivity contribution in [3.63, 3.8) is 0 Å². The zero-order chi connectivity index (χ0) is 14.7. The van der Waals surface area contributed by atoms with Crippen LogP contribution in [-0.4, -0.2) is 26.2 Å². The predicted molar refractivity (Wildman–Crippen MR) is 67.5 cm³/mol. The molecule has 0 heterocycles. The van der Waals surface area contributed by atoms with E-state index in [9.17, 15) is 21.5 Å². The molecule has 0 aromatic heterocycles. The number of hydrogen-bond donors (Lipinski definition) is 0. The van der Waals surface area contributed by atoms with Crippen LogP contribution in [0.3, 0.4) is 0 Å². The van der Waals surface area contributed by atoms with Gasteiger partial charge in [0.05, 0.1) is 5.54 Å². The summed E-state index contributed by atoms with van der Waals surface area (Å²) in [5.74, 6) is 0. The third-order valence-electron chi connectivity index (χ3n) is 3.06. The lowest BCUT2D eigenvalue weighted by molar-refractivity contribution is 0.272. The Labute approximate surface area is 113 Å². The molecule has 0 aliphatic heterocycles. The van der Waals surface area contributed by atoms with Crippen LogP contribution in [0, 0.1) is 0 Å². The molecule has 1 aromatic carbocycles. The van der Waals surface area contributed by atoms with Crippen molar-refractivity contribution in [3.05, 3.63) is 29.8 Å². The van der Waals surface area contributed by atoms with Crippen LogP contribution in [0.1, 0.15) is 18.4 Å². The van der Waals surface area contributed by atoms with Gasteiger partial charge >= 0.3 is 18.9 Å². The fourth-order valence-corrected chi connectivity index (χ4v) is 2.48. The van der Waals surface area contributed by atoms with Gasteiger partial charge in [0, 0.05) is 15.8 Å². The van der Waals surface area contributed by atoms with Gasteiger partial charge in [0.15, 0.2) is 0 Å². The highest BCUT2D eigenvalue weighted by molar-refractivity contribution is 7.65. The summed E-state index contributed by atoms with van der Waals surface area (Å²) in [6.45, 7) is 0. The number of benzene rings is 1. The average Bonchev–Trinajstić information content (AvgIpc) is 3.08. The molecule has 0 saturated heterocycles. The fraction of sp³-hybridized carbons (Fsp3) is 0.455. The first-order valence-corrected chi connectivity index (χ1v) is 6.39. The largest absolute Gasteiger partial charge is 0.673 e. The van der Waals surface area contributed by atoms with Crippen molar-refractivity contribution in [1.29, 1.82) is 0 Å². The maximum Gasteiger partial charge on any atom is 0.673 e. The summed E-state index contributed by atoms with van der Waals surface area (Å²) in [6, 6.07) is 7.93. The van der Waals surface area contributed by atoms with Gasteiger partial charge in [0.25, 0.3) is 4.90 Å². The summed E-state index contributed by atoms with van der Waals surface area (Å²) in [5, 5.41) is 0. The Morgan fingerprint density at radius 3 is 2.00 bits per heavy atom. The van der Waals surface area contributed by atoms with E-state index in [1.807, 2.05) is 18.2 Å². The molecule has 1 saturated carbocycles. The molecule has 2 rings (SSSR count). The molecular formula is C11H14BF4NOS.